The first-order valence-corrected chi connectivity index (χ1v) is 10.9. The summed E-state index contributed by atoms with van der Waals surface area (Å²) in [7, 11) is 3.21. The average molecular weight is 425 g/mol. The number of rotatable bonds is 6. The minimum absolute atomic E-state index is 0.125. The number of aromatic nitrogens is 2. The molecule has 2 saturated carbocycles. The molecule has 2 amide bonds. The monoisotopic (exact) mass is 424 g/mol. The standard InChI is InChI=1S/C23H28N4O4/c1-30-17-8-15(9-18(11-17)31-2)13-26-5-6-27-21(23(26)29)12-20(25-27)22(28)24-19-10-14-3-4-16(19)7-14/h8-9,11-12,14,16,19H,3-7,10,13H2,1-2H3,(H,24,28). The van der Waals surface area contributed by atoms with E-state index in [-0.39, 0.29) is 17.9 Å². The van der Waals surface area contributed by atoms with E-state index in [9.17, 15) is 9.59 Å². The zero-order valence-electron chi connectivity index (χ0n) is 18.0. The molecule has 0 saturated heterocycles. The maximum Gasteiger partial charge on any atom is 0.272 e. The predicted octanol–water partition coefficient (Wildman–Crippen LogP) is 2.47. The summed E-state index contributed by atoms with van der Waals surface area (Å²) in [5.74, 6) is 2.43. The summed E-state index contributed by atoms with van der Waals surface area (Å²) in [5.41, 5.74) is 1.71. The molecule has 8 nitrogen and oxygen atoms in total. The molecule has 2 fully saturated rings. The number of nitrogens with zero attached hydrogens (tertiary/aromatic N) is 3. The number of benzene rings is 1. The highest BCUT2D eigenvalue weighted by Crippen LogP contribution is 2.44. The lowest BCUT2D eigenvalue weighted by atomic mass is 9.95. The Bertz CT molecular complexity index is 995. The van der Waals surface area contributed by atoms with Crippen molar-refractivity contribution in [2.24, 2.45) is 11.8 Å². The van der Waals surface area contributed by atoms with Gasteiger partial charge in [-0.3, -0.25) is 14.3 Å². The van der Waals surface area contributed by atoms with Gasteiger partial charge < -0.3 is 19.7 Å². The highest BCUT2D eigenvalue weighted by Gasteiger charge is 2.40. The molecule has 164 valence electrons. The molecule has 1 N–H and O–H groups in total. The summed E-state index contributed by atoms with van der Waals surface area (Å²) in [6, 6.07) is 7.48. The van der Waals surface area contributed by atoms with E-state index in [1.165, 1.54) is 19.3 Å². The molecule has 1 aliphatic heterocycles. The zero-order chi connectivity index (χ0) is 21.5. The van der Waals surface area contributed by atoms with Crippen LogP contribution in [0.2, 0.25) is 0 Å². The first-order chi connectivity index (χ1) is 15.0. The van der Waals surface area contributed by atoms with E-state index in [1.807, 2.05) is 12.1 Å². The maximum absolute atomic E-state index is 13.1. The molecule has 3 unspecified atom stereocenters. The van der Waals surface area contributed by atoms with Crippen molar-refractivity contribution in [3.63, 3.8) is 0 Å². The summed E-state index contributed by atoms with van der Waals surface area (Å²) in [6.07, 6.45) is 4.80. The molecule has 5 rings (SSSR count). The van der Waals surface area contributed by atoms with Crippen molar-refractivity contribution in [1.29, 1.82) is 0 Å². The van der Waals surface area contributed by atoms with Crippen molar-refractivity contribution < 1.29 is 19.1 Å². The molecule has 3 atom stereocenters. The van der Waals surface area contributed by atoms with Crippen molar-refractivity contribution in [1.82, 2.24) is 20.0 Å². The molecular formula is C23H28N4O4. The molecule has 0 radical (unpaired) electrons. The molecule has 2 heterocycles. The van der Waals surface area contributed by atoms with E-state index in [0.29, 0.717) is 48.4 Å². The Morgan fingerprint density at radius 1 is 1.10 bits per heavy atom. The van der Waals surface area contributed by atoms with Crippen molar-refractivity contribution in [3.8, 4) is 11.5 Å². The largest absolute Gasteiger partial charge is 0.497 e. The molecule has 0 spiro atoms. The lowest BCUT2D eigenvalue weighted by molar-refractivity contribution is 0.0682. The van der Waals surface area contributed by atoms with Gasteiger partial charge in [0, 0.05) is 31.3 Å². The van der Waals surface area contributed by atoms with Crippen LogP contribution in [0.5, 0.6) is 11.5 Å². The molecule has 2 aliphatic carbocycles. The Labute approximate surface area is 181 Å². The quantitative estimate of drug-likeness (QED) is 0.770. The Morgan fingerprint density at radius 2 is 1.87 bits per heavy atom. The summed E-state index contributed by atoms with van der Waals surface area (Å²) >= 11 is 0. The number of fused-ring (bicyclic) bond motifs is 3. The summed E-state index contributed by atoms with van der Waals surface area (Å²) < 4.78 is 12.3. The third-order valence-corrected chi connectivity index (χ3v) is 6.94. The Hall–Kier alpha value is -3.03. The zero-order valence-corrected chi connectivity index (χ0v) is 18.0. The van der Waals surface area contributed by atoms with Crippen LogP contribution in [0.1, 0.15) is 52.2 Å². The van der Waals surface area contributed by atoms with Crippen molar-refractivity contribution >= 4 is 11.8 Å². The van der Waals surface area contributed by atoms with Gasteiger partial charge in [-0.15, -0.1) is 0 Å². The van der Waals surface area contributed by atoms with Crippen LogP contribution < -0.4 is 14.8 Å². The summed E-state index contributed by atoms with van der Waals surface area (Å²) in [4.78, 5) is 27.6. The fourth-order valence-electron chi connectivity index (χ4n) is 5.34. The minimum Gasteiger partial charge on any atom is -0.497 e. The molecule has 2 bridgehead atoms. The van der Waals surface area contributed by atoms with Gasteiger partial charge in [0.1, 0.15) is 17.2 Å². The third-order valence-electron chi connectivity index (χ3n) is 6.94. The average Bonchev–Trinajstić information content (AvgIpc) is 3.51. The van der Waals surface area contributed by atoms with Gasteiger partial charge in [-0.1, -0.05) is 6.42 Å². The highest BCUT2D eigenvalue weighted by molar-refractivity contribution is 5.98. The summed E-state index contributed by atoms with van der Waals surface area (Å²) in [6.45, 7) is 1.52. The van der Waals surface area contributed by atoms with E-state index in [0.717, 1.165) is 17.9 Å². The van der Waals surface area contributed by atoms with Crippen LogP contribution in [0.4, 0.5) is 0 Å². The van der Waals surface area contributed by atoms with E-state index >= 15 is 0 Å². The lowest BCUT2D eigenvalue weighted by Gasteiger charge is -2.27. The van der Waals surface area contributed by atoms with Gasteiger partial charge in [0.25, 0.3) is 11.8 Å². The van der Waals surface area contributed by atoms with E-state index in [4.69, 9.17) is 9.47 Å². The number of carbonyl (C=O) groups excluding carboxylic acids is 2. The molecular weight excluding hydrogens is 396 g/mol. The first kappa shape index (κ1) is 19.9. The van der Waals surface area contributed by atoms with Gasteiger partial charge in [-0.25, -0.2) is 0 Å². The minimum atomic E-state index is -0.170. The van der Waals surface area contributed by atoms with E-state index < -0.39 is 0 Å². The molecule has 2 aromatic rings. The Morgan fingerprint density at radius 3 is 2.52 bits per heavy atom. The Kier molecular flexibility index (Phi) is 5.08. The third kappa shape index (κ3) is 3.75. The number of amides is 2. The lowest BCUT2D eigenvalue weighted by Crippen LogP contribution is -2.39. The van der Waals surface area contributed by atoms with Gasteiger partial charge in [-0.2, -0.15) is 5.10 Å². The molecule has 1 aromatic carbocycles. The van der Waals surface area contributed by atoms with Crippen molar-refractivity contribution in [2.75, 3.05) is 20.8 Å². The van der Waals surface area contributed by atoms with Gasteiger partial charge in [0.15, 0.2) is 5.69 Å². The van der Waals surface area contributed by atoms with Gasteiger partial charge in [0.05, 0.1) is 20.8 Å². The van der Waals surface area contributed by atoms with Gasteiger partial charge in [0.2, 0.25) is 0 Å². The molecule has 31 heavy (non-hydrogen) atoms. The van der Waals surface area contributed by atoms with Gasteiger partial charge >= 0.3 is 0 Å². The van der Waals surface area contributed by atoms with E-state index in [1.54, 1.807) is 35.9 Å². The molecule has 8 heteroatoms. The summed E-state index contributed by atoms with van der Waals surface area (Å²) in [5, 5.41) is 7.58. The van der Waals surface area contributed by atoms with E-state index in [2.05, 4.69) is 10.4 Å². The second-order valence-electron chi connectivity index (χ2n) is 8.84. The predicted molar refractivity (Wildman–Crippen MR) is 113 cm³/mol. The van der Waals surface area contributed by atoms with Crippen molar-refractivity contribution in [2.45, 2.75) is 44.8 Å². The first-order valence-electron chi connectivity index (χ1n) is 10.9. The number of hydrogen-bond donors (Lipinski definition) is 1. The topological polar surface area (TPSA) is 85.7 Å². The Balaban J connectivity index is 1.29. The fraction of sp³-hybridized carbons (Fsp3) is 0.522. The number of ether oxygens (including phenoxy) is 2. The maximum atomic E-state index is 13.1. The number of hydrogen-bond acceptors (Lipinski definition) is 5. The van der Waals surface area contributed by atoms with Crippen LogP contribution in [-0.4, -0.2) is 53.3 Å². The molecule has 3 aliphatic rings. The number of methoxy groups -OCH3 is 2. The molecule has 1 aromatic heterocycles. The fourth-order valence-corrected chi connectivity index (χ4v) is 5.34. The smallest absolute Gasteiger partial charge is 0.272 e. The number of carbonyl (C=O) groups is 2. The normalized spacial score (nSPS) is 24.3. The van der Waals surface area contributed by atoms with Crippen LogP contribution in [0.15, 0.2) is 24.3 Å². The van der Waals surface area contributed by atoms with Crippen LogP contribution in [0.25, 0.3) is 0 Å². The van der Waals surface area contributed by atoms with Gasteiger partial charge in [-0.05, 0) is 48.8 Å². The second kappa shape index (κ2) is 7.90. The highest BCUT2D eigenvalue weighted by atomic mass is 16.5. The number of nitrogens with one attached hydrogen (secondary N) is 1. The van der Waals surface area contributed by atoms with Crippen LogP contribution in [-0.2, 0) is 13.1 Å². The van der Waals surface area contributed by atoms with Crippen molar-refractivity contribution in [3.05, 3.63) is 41.2 Å². The van der Waals surface area contributed by atoms with Crippen LogP contribution in [0.3, 0.4) is 0 Å². The SMILES string of the molecule is COc1cc(CN2CCn3nc(C(=O)NC4CC5CCC4C5)cc3C2=O)cc(OC)c1. The van der Waals surface area contributed by atoms with Crippen LogP contribution >= 0.6 is 0 Å². The van der Waals surface area contributed by atoms with Crippen LogP contribution in [0, 0.1) is 11.8 Å². The second-order valence-corrected chi connectivity index (χ2v) is 8.84.